The van der Waals surface area contributed by atoms with Gasteiger partial charge in [-0.1, -0.05) is 6.07 Å². The van der Waals surface area contributed by atoms with Crippen LogP contribution < -0.4 is 5.56 Å². The van der Waals surface area contributed by atoms with E-state index < -0.39 is 5.97 Å². The standard InChI is InChI=1S/C13H10N4O3S/c18-11-5-8(7-21-12-3-1-2-4-14-12)17-10(15-11)6-9(16-17)13(19)20/h1-6H,7H2,(H,15,18)(H,19,20). The number of hydrogen-bond acceptors (Lipinski definition) is 5. The Balaban J connectivity index is 1.97. The van der Waals surface area contributed by atoms with Gasteiger partial charge in [0.15, 0.2) is 5.69 Å². The lowest BCUT2D eigenvalue weighted by molar-refractivity contribution is 0.0690. The molecular formula is C13H10N4O3S. The average Bonchev–Trinajstić information content (AvgIpc) is 2.90. The summed E-state index contributed by atoms with van der Waals surface area (Å²) in [5.74, 6) is -0.680. The lowest BCUT2D eigenvalue weighted by atomic mass is 10.4. The summed E-state index contributed by atoms with van der Waals surface area (Å²) in [5.41, 5.74) is 0.560. The van der Waals surface area contributed by atoms with Crippen molar-refractivity contribution in [1.29, 1.82) is 0 Å². The molecule has 0 spiro atoms. The Hall–Kier alpha value is -2.61. The van der Waals surface area contributed by atoms with E-state index in [0.29, 0.717) is 17.1 Å². The maximum atomic E-state index is 11.6. The van der Waals surface area contributed by atoms with E-state index in [4.69, 9.17) is 5.11 Å². The highest BCUT2D eigenvalue weighted by molar-refractivity contribution is 7.98. The summed E-state index contributed by atoms with van der Waals surface area (Å²) < 4.78 is 1.43. The number of nitrogens with one attached hydrogen (secondary N) is 1. The van der Waals surface area contributed by atoms with Crippen molar-refractivity contribution in [3.05, 3.63) is 58.3 Å². The average molecular weight is 302 g/mol. The maximum absolute atomic E-state index is 11.6. The highest BCUT2D eigenvalue weighted by Crippen LogP contribution is 2.19. The molecule has 0 bridgehead atoms. The predicted octanol–water partition coefficient (Wildman–Crippen LogP) is 1.41. The van der Waals surface area contributed by atoms with Crippen molar-refractivity contribution in [2.24, 2.45) is 0 Å². The Labute approximate surface area is 122 Å². The van der Waals surface area contributed by atoms with Gasteiger partial charge < -0.3 is 10.1 Å². The Morgan fingerprint density at radius 2 is 2.24 bits per heavy atom. The minimum absolute atomic E-state index is 0.110. The second kappa shape index (κ2) is 5.41. The Morgan fingerprint density at radius 1 is 1.38 bits per heavy atom. The topological polar surface area (TPSA) is 100 Å². The van der Waals surface area contributed by atoms with Crippen molar-refractivity contribution in [3.8, 4) is 0 Å². The lowest BCUT2D eigenvalue weighted by Gasteiger charge is -2.03. The molecular weight excluding hydrogens is 292 g/mol. The van der Waals surface area contributed by atoms with Gasteiger partial charge in [0, 0.05) is 24.1 Å². The molecule has 2 N–H and O–H groups in total. The second-order valence-electron chi connectivity index (χ2n) is 4.21. The molecule has 0 amide bonds. The van der Waals surface area contributed by atoms with Gasteiger partial charge in [-0.25, -0.2) is 14.3 Å². The van der Waals surface area contributed by atoms with Crippen molar-refractivity contribution in [1.82, 2.24) is 19.6 Å². The van der Waals surface area contributed by atoms with E-state index in [1.807, 2.05) is 18.2 Å². The quantitative estimate of drug-likeness (QED) is 0.707. The number of pyridine rings is 1. The molecule has 21 heavy (non-hydrogen) atoms. The largest absolute Gasteiger partial charge is 0.476 e. The fraction of sp³-hybridized carbons (Fsp3) is 0.0769. The number of aromatic amines is 1. The highest BCUT2D eigenvalue weighted by atomic mass is 32.2. The first kappa shape index (κ1) is 13.4. The first-order chi connectivity index (χ1) is 10.1. The molecule has 8 heteroatoms. The molecule has 0 aliphatic rings. The van der Waals surface area contributed by atoms with E-state index in [-0.39, 0.29) is 11.3 Å². The summed E-state index contributed by atoms with van der Waals surface area (Å²) in [7, 11) is 0. The molecule has 0 saturated heterocycles. The molecule has 0 aliphatic heterocycles. The molecule has 0 saturated carbocycles. The van der Waals surface area contributed by atoms with Crippen LogP contribution in [0.5, 0.6) is 0 Å². The number of H-pyrrole nitrogens is 1. The monoisotopic (exact) mass is 302 g/mol. The molecule has 106 valence electrons. The van der Waals surface area contributed by atoms with Gasteiger partial charge in [0.1, 0.15) is 5.65 Å². The Bertz CT molecular complexity index is 857. The van der Waals surface area contributed by atoms with Gasteiger partial charge in [-0.3, -0.25) is 4.79 Å². The second-order valence-corrected chi connectivity index (χ2v) is 5.21. The number of carbonyl (C=O) groups is 1. The fourth-order valence-electron chi connectivity index (χ4n) is 1.85. The van der Waals surface area contributed by atoms with Crippen molar-refractivity contribution < 1.29 is 9.90 Å². The zero-order valence-corrected chi connectivity index (χ0v) is 11.5. The zero-order chi connectivity index (χ0) is 14.8. The van der Waals surface area contributed by atoms with Gasteiger partial charge in [-0.2, -0.15) is 5.10 Å². The van der Waals surface area contributed by atoms with E-state index >= 15 is 0 Å². The molecule has 0 aromatic carbocycles. The van der Waals surface area contributed by atoms with Gasteiger partial charge in [0.25, 0.3) is 5.56 Å². The van der Waals surface area contributed by atoms with Gasteiger partial charge in [-0.05, 0) is 12.1 Å². The van der Waals surface area contributed by atoms with Crippen LogP contribution in [0.15, 0.2) is 46.3 Å². The maximum Gasteiger partial charge on any atom is 0.356 e. The molecule has 0 aliphatic carbocycles. The van der Waals surface area contributed by atoms with E-state index in [2.05, 4.69) is 15.1 Å². The van der Waals surface area contributed by atoms with Crippen molar-refractivity contribution in [3.63, 3.8) is 0 Å². The Morgan fingerprint density at radius 3 is 2.95 bits per heavy atom. The van der Waals surface area contributed by atoms with E-state index in [1.165, 1.54) is 28.4 Å². The molecule has 3 aromatic rings. The third-order valence-corrected chi connectivity index (χ3v) is 3.73. The normalized spacial score (nSPS) is 10.9. The number of nitrogens with zero attached hydrogens (tertiary/aromatic N) is 3. The van der Waals surface area contributed by atoms with Gasteiger partial charge in [0.05, 0.1) is 10.7 Å². The smallest absolute Gasteiger partial charge is 0.356 e. The minimum Gasteiger partial charge on any atom is -0.476 e. The summed E-state index contributed by atoms with van der Waals surface area (Å²) in [4.78, 5) is 29.3. The van der Waals surface area contributed by atoms with Gasteiger partial charge in [-0.15, -0.1) is 11.8 Å². The van der Waals surface area contributed by atoms with Crippen LogP contribution in [0.25, 0.3) is 5.65 Å². The number of fused-ring (bicyclic) bond motifs is 1. The molecule has 0 radical (unpaired) electrons. The van der Waals surface area contributed by atoms with E-state index in [1.54, 1.807) is 6.20 Å². The number of carboxylic acid groups (broad SMARTS) is 1. The summed E-state index contributed by atoms with van der Waals surface area (Å²) in [6, 6.07) is 8.29. The predicted molar refractivity (Wildman–Crippen MR) is 76.6 cm³/mol. The number of aromatic carboxylic acids is 1. The number of thioether (sulfide) groups is 1. The van der Waals surface area contributed by atoms with Crippen LogP contribution in [-0.4, -0.2) is 30.7 Å². The lowest BCUT2D eigenvalue weighted by Crippen LogP contribution is -2.11. The SMILES string of the molecule is O=C(O)c1cc2[nH]c(=O)cc(CSc3ccccn3)n2n1. The molecule has 0 fully saturated rings. The summed E-state index contributed by atoms with van der Waals surface area (Å²) >= 11 is 1.44. The molecule has 3 aromatic heterocycles. The first-order valence-corrected chi connectivity index (χ1v) is 7.01. The molecule has 7 nitrogen and oxygen atoms in total. The van der Waals surface area contributed by atoms with Crippen LogP contribution in [0.4, 0.5) is 0 Å². The molecule has 3 heterocycles. The number of carboxylic acids is 1. The summed E-state index contributed by atoms with van der Waals surface area (Å²) in [5, 5.41) is 13.8. The van der Waals surface area contributed by atoms with Crippen molar-refractivity contribution in [2.75, 3.05) is 0 Å². The van der Waals surface area contributed by atoms with Crippen molar-refractivity contribution >= 4 is 23.4 Å². The van der Waals surface area contributed by atoms with Gasteiger partial charge in [0.2, 0.25) is 0 Å². The Kier molecular flexibility index (Phi) is 3.44. The van der Waals surface area contributed by atoms with E-state index in [9.17, 15) is 9.59 Å². The molecule has 0 atom stereocenters. The molecule has 0 unspecified atom stereocenters. The van der Waals surface area contributed by atoms with Crippen LogP contribution in [0, 0.1) is 0 Å². The zero-order valence-electron chi connectivity index (χ0n) is 10.7. The van der Waals surface area contributed by atoms with Crippen LogP contribution in [0.1, 0.15) is 16.2 Å². The third kappa shape index (κ3) is 2.79. The minimum atomic E-state index is -1.14. The van der Waals surface area contributed by atoms with Crippen molar-refractivity contribution in [2.45, 2.75) is 10.8 Å². The number of hydrogen-bond donors (Lipinski definition) is 2. The first-order valence-electron chi connectivity index (χ1n) is 6.02. The molecule has 3 rings (SSSR count). The van der Waals surface area contributed by atoms with E-state index in [0.717, 1.165) is 5.03 Å². The summed E-state index contributed by atoms with van der Waals surface area (Å²) in [6.45, 7) is 0. The van der Waals surface area contributed by atoms with Crippen LogP contribution >= 0.6 is 11.8 Å². The van der Waals surface area contributed by atoms with Crippen LogP contribution in [-0.2, 0) is 5.75 Å². The highest BCUT2D eigenvalue weighted by Gasteiger charge is 2.12. The van der Waals surface area contributed by atoms with Crippen LogP contribution in [0.3, 0.4) is 0 Å². The number of rotatable bonds is 4. The summed E-state index contributed by atoms with van der Waals surface area (Å²) in [6.07, 6.45) is 1.69. The fourth-order valence-corrected chi connectivity index (χ4v) is 2.66. The van der Waals surface area contributed by atoms with Crippen LogP contribution in [0.2, 0.25) is 0 Å². The third-order valence-electron chi connectivity index (χ3n) is 2.76. The number of aromatic nitrogens is 4. The van der Waals surface area contributed by atoms with Gasteiger partial charge >= 0.3 is 5.97 Å².